The lowest BCUT2D eigenvalue weighted by molar-refractivity contribution is -0.142. The monoisotopic (exact) mass is 532 g/mol. The predicted octanol–water partition coefficient (Wildman–Crippen LogP) is 6.50. The molecule has 180 valence electrons. The van der Waals surface area contributed by atoms with Crippen molar-refractivity contribution in [3.63, 3.8) is 0 Å². The number of benzene rings is 2. The summed E-state index contributed by atoms with van der Waals surface area (Å²) in [5.74, 6) is -1.49. The lowest BCUT2D eigenvalue weighted by Crippen LogP contribution is -2.21. The maximum absolute atomic E-state index is 13.5. The first-order chi connectivity index (χ1) is 15.7. The van der Waals surface area contributed by atoms with Crippen LogP contribution in [0.4, 0.5) is 18.9 Å². The minimum atomic E-state index is -4.88. The zero-order valence-electron chi connectivity index (χ0n) is 17.9. The molecule has 0 aliphatic rings. The molecule has 0 fully saturated rings. The third kappa shape index (κ3) is 5.43. The van der Waals surface area contributed by atoms with E-state index < -0.39 is 44.5 Å². The molecule has 0 bridgehead atoms. The molecule has 3 rings (SSSR count). The van der Waals surface area contributed by atoms with Gasteiger partial charge in [0.15, 0.2) is 5.69 Å². The van der Waals surface area contributed by atoms with Gasteiger partial charge in [0.1, 0.15) is 11.3 Å². The highest BCUT2D eigenvalue weighted by Crippen LogP contribution is 2.38. The van der Waals surface area contributed by atoms with Crippen molar-refractivity contribution in [3.05, 3.63) is 68.8 Å². The number of nitrogens with zero attached hydrogens (tertiary/aromatic N) is 2. The molecule has 0 radical (unpaired) electrons. The number of ether oxygens (including phenoxy) is 1. The fraction of sp³-hybridized carbons (Fsp3) is 0.190. The number of carbonyl (C=O) groups is 1. The summed E-state index contributed by atoms with van der Waals surface area (Å²) in [5, 5.41) is 9.55. The highest BCUT2D eigenvalue weighted by Gasteiger charge is 2.38. The summed E-state index contributed by atoms with van der Waals surface area (Å²) < 4.78 is 65.7. The molecular weight excluding hydrogens is 516 g/mol. The number of amides is 1. The van der Waals surface area contributed by atoms with Crippen molar-refractivity contribution in [2.24, 2.45) is 0 Å². The van der Waals surface area contributed by atoms with Crippen molar-refractivity contribution in [1.29, 1.82) is 4.78 Å². The molecule has 13 heteroatoms. The molecule has 1 atom stereocenters. The molecule has 7 nitrogen and oxygen atoms in total. The van der Waals surface area contributed by atoms with E-state index >= 15 is 0 Å². The van der Waals surface area contributed by atoms with E-state index in [1.54, 1.807) is 6.92 Å². The third-order valence-electron chi connectivity index (χ3n) is 4.71. The summed E-state index contributed by atoms with van der Waals surface area (Å²) in [6.07, 6.45) is -3.68. The Balaban J connectivity index is 2.10. The second-order valence-electron chi connectivity index (χ2n) is 7.26. The smallest absolute Gasteiger partial charge is 0.435 e. The van der Waals surface area contributed by atoms with Crippen molar-refractivity contribution in [1.82, 2.24) is 10.2 Å². The molecule has 0 saturated carbocycles. The van der Waals surface area contributed by atoms with Crippen LogP contribution in [0.15, 0.2) is 41.3 Å². The summed E-state index contributed by atoms with van der Waals surface area (Å²) in [4.78, 5) is 13.2. The first kappa shape index (κ1) is 25.7. The van der Waals surface area contributed by atoms with E-state index in [1.807, 2.05) is 0 Å². The molecule has 0 spiro atoms. The molecule has 1 amide bonds. The number of anilines is 1. The zero-order valence-corrected chi connectivity index (χ0v) is 20.2. The predicted molar refractivity (Wildman–Crippen MR) is 122 cm³/mol. The minimum Gasteiger partial charge on any atom is -0.435 e. The number of rotatable bonds is 5. The largest absolute Gasteiger partial charge is 0.435 e. The van der Waals surface area contributed by atoms with Crippen LogP contribution in [0.5, 0.6) is 11.6 Å². The Labute approximate surface area is 203 Å². The lowest BCUT2D eigenvalue weighted by atomic mass is 10.1. The number of hydrogen-bond acceptors (Lipinski definition) is 6. The lowest BCUT2D eigenvalue weighted by Gasteiger charge is -2.17. The number of aromatic nitrogens is 2. The van der Waals surface area contributed by atoms with Crippen LogP contribution in [0.25, 0.3) is 0 Å². The van der Waals surface area contributed by atoms with Gasteiger partial charge in [-0.1, -0.05) is 29.3 Å². The Morgan fingerprint density at radius 3 is 2.41 bits per heavy atom. The fourth-order valence-corrected chi connectivity index (χ4v) is 4.04. The molecule has 1 aromatic heterocycles. The molecule has 34 heavy (non-hydrogen) atoms. The molecular formula is C21H17Cl2F3N4O3S. The van der Waals surface area contributed by atoms with Gasteiger partial charge in [-0.25, -0.2) is 8.99 Å². The maximum Gasteiger partial charge on any atom is 0.435 e. The number of carbonyl (C=O) groups excluding carboxylic acids is 1. The molecule has 1 heterocycles. The number of hydrogen-bond donors (Lipinski definition) is 2. The van der Waals surface area contributed by atoms with Gasteiger partial charge in [0.2, 0.25) is 0 Å². The van der Waals surface area contributed by atoms with Crippen molar-refractivity contribution >= 4 is 44.5 Å². The highest BCUT2D eigenvalue weighted by atomic mass is 35.5. The second kappa shape index (κ2) is 9.40. The van der Waals surface area contributed by atoms with Gasteiger partial charge in [0.25, 0.3) is 11.8 Å². The minimum absolute atomic E-state index is 0.00741. The van der Waals surface area contributed by atoms with Crippen LogP contribution >= 0.6 is 23.2 Å². The van der Waals surface area contributed by atoms with Crippen LogP contribution in [0.1, 0.15) is 27.2 Å². The Kier molecular flexibility index (Phi) is 7.11. The van der Waals surface area contributed by atoms with Gasteiger partial charge < -0.3 is 10.1 Å². The van der Waals surface area contributed by atoms with Crippen molar-refractivity contribution in [2.45, 2.75) is 24.9 Å². The Hall–Kier alpha value is -2.89. The first-order valence-electron chi connectivity index (χ1n) is 9.42. The SMILES string of the molecule is Cc1c(Cl)ccc(Oc2nnc(C(F)(F)F)c(C)c2C(=O)Nc2cccc(S(C)(=N)=O)c2)c1Cl. The number of alkyl halides is 3. The van der Waals surface area contributed by atoms with Gasteiger partial charge in [-0.05, 0) is 55.3 Å². The molecule has 1 unspecified atom stereocenters. The summed E-state index contributed by atoms with van der Waals surface area (Å²) >= 11 is 12.2. The van der Waals surface area contributed by atoms with Gasteiger partial charge in [-0.2, -0.15) is 13.2 Å². The second-order valence-corrected chi connectivity index (χ2v) is 10.2. The van der Waals surface area contributed by atoms with Crippen LogP contribution in [0.3, 0.4) is 0 Å². The quantitative estimate of drug-likeness (QED) is 0.390. The Morgan fingerprint density at radius 2 is 1.79 bits per heavy atom. The average Bonchev–Trinajstić information content (AvgIpc) is 2.73. The van der Waals surface area contributed by atoms with E-state index in [-0.39, 0.29) is 21.4 Å². The van der Waals surface area contributed by atoms with Crippen molar-refractivity contribution in [2.75, 3.05) is 11.6 Å². The summed E-state index contributed by atoms with van der Waals surface area (Å²) in [5.41, 5.74) is -1.84. The first-order valence-corrected chi connectivity index (χ1v) is 12.1. The maximum atomic E-state index is 13.5. The Bertz CT molecular complexity index is 1400. The Morgan fingerprint density at radius 1 is 1.12 bits per heavy atom. The van der Waals surface area contributed by atoms with E-state index in [9.17, 15) is 22.2 Å². The van der Waals surface area contributed by atoms with E-state index in [2.05, 4.69) is 15.5 Å². The average molecular weight is 533 g/mol. The molecule has 2 aromatic carbocycles. The van der Waals surface area contributed by atoms with Gasteiger partial charge in [-0.3, -0.25) is 4.79 Å². The van der Waals surface area contributed by atoms with E-state index in [0.717, 1.165) is 6.92 Å². The standard InChI is InChI=1S/C21H17Cl2F3N4O3S/c1-10-14(22)7-8-15(17(10)23)33-20-16(11(2)18(29-30-20)21(24,25)26)19(31)28-12-5-4-6-13(9-12)34(3,27)32/h4-9,27H,1-3H3,(H,28,31). The van der Waals surface area contributed by atoms with Crippen molar-refractivity contribution in [3.8, 4) is 11.6 Å². The van der Waals surface area contributed by atoms with Crippen molar-refractivity contribution < 1.29 is 26.9 Å². The molecule has 0 saturated heterocycles. The topological polar surface area (TPSA) is 105 Å². The van der Waals surface area contributed by atoms with Crippen LogP contribution in [-0.2, 0) is 15.9 Å². The summed E-state index contributed by atoms with van der Waals surface area (Å²) in [6.45, 7) is 2.67. The number of halogens is 5. The molecule has 0 aliphatic heterocycles. The summed E-state index contributed by atoms with van der Waals surface area (Å²) in [6, 6.07) is 8.46. The van der Waals surface area contributed by atoms with Crippen LogP contribution < -0.4 is 10.1 Å². The fourth-order valence-electron chi connectivity index (χ4n) is 2.94. The normalized spacial score (nSPS) is 13.3. The van der Waals surface area contributed by atoms with E-state index in [1.165, 1.54) is 42.7 Å². The highest BCUT2D eigenvalue weighted by molar-refractivity contribution is 7.91. The van der Waals surface area contributed by atoms with Gasteiger partial charge >= 0.3 is 6.18 Å². The molecule has 0 aliphatic carbocycles. The van der Waals surface area contributed by atoms with Gasteiger partial charge in [0, 0.05) is 21.9 Å². The molecule has 3 aromatic rings. The van der Waals surface area contributed by atoms with Crippen LogP contribution in [0.2, 0.25) is 10.0 Å². The summed E-state index contributed by atoms with van der Waals surface area (Å²) in [7, 11) is -3.09. The van der Waals surface area contributed by atoms with E-state index in [0.29, 0.717) is 10.6 Å². The van der Waals surface area contributed by atoms with Crippen LogP contribution in [-0.4, -0.2) is 26.6 Å². The number of nitrogens with one attached hydrogen (secondary N) is 2. The van der Waals surface area contributed by atoms with E-state index in [4.69, 9.17) is 32.7 Å². The third-order valence-corrected chi connectivity index (χ3v) is 6.75. The van der Waals surface area contributed by atoms with Crippen LogP contribution in [0, 0.1) is 18.6 Å². The zero-order chi connectivity index (χ0) is 25.4. The van der Waals surface area contributed by atoms with Gasteiger partial charge in [0.05, 0.1) is 14.8 Å². The molecule has 2 N–H and O–H groups in total. The van der Waals surface area contributed by atoms with Gasteiger partial charge in [-0.15, -0.1) is 10.2 Å².